The van der Waals surface area contributed by atoms with Crippen molar-refractivity contribution in [1.29, 1.82) is 0 Å². The Hall–Kier alpha value is -3.38. The van der Waals surface area contributed by atoms with Crippen LogP contribution in [0.25, 0.3) is 0 Å². The lowest BCUT2D eigenvalue weighted by atomic mass is 10.1. The zero-order valence-corrected chi connectivity index (χ0v) is 23.2. The first-order chi connectivity index (χ1) is 18.6. The summed E-state index contributed by atoms with van der Waals surface area (Å²) in [5.41, 5.74) is 0.633. The fourth-order valence-corrected chi connectivity index (χ4v) is 4.77. The maximum atomic E-state index is 13.7. The number of unbranched alkanes of at least 4 members (excludes halogenated alkanes) is 1. The lowest BCUT2D eigenvalue weighted by Gasteiger charge is -2.27. The van der Waals surface area contributed by atoms with Crippen LogP contribution in [-0.2, 0) is 36.4 Å². The average molecular weight is 588 g/mol. The molecule has 0 spiro atoms. The van der Waals surface area contributed by atoms with Crippen LogP contribution in [0, 0.1) is 10.1 Å². The van der Waals surface area contributed by atoms with Crippen molar-refractivity contribution in [2.75, 3.05) is 33.2 Å². The number of alkyl carbamates (subject to hydrolysis) is 1. The van der Waals surface area contributed by atoms with Gasteiger partial charge in [-0.25, -0.2) is 18.8 Å². The highest BCUT2D eigenvalue weighted by atomic mass is 35.5. The van der Waals surface area contributed by atoms with E-state index >= 15 is 0 Å². The Morgan fingerprint density at radius 3 is 2.56 bits per heavy atom. The van der Waals surface area contributed by atoms with E-state index in [0.29, 0.717) is 30.8 Å². The zero-order valence-electron chi connectivity index (χ0n) is 21.6. The number of esters is 1. The number of carbonyl (C=O) groups is 2. The molecule has 1 amide bonds. The van der Waals surface area contributed by atoms with Crippen molar-refractivity contribution >= 4 is 37.3 Å². The second-order valence-electron chi connectivity index (χ2n) is 8.06. The van der Waals surface area contributed by atoms with Gasteiger partial charge in [0.25, 0.3) is 0 Å². The van der Waals surface area contributed by atoms with Crippen LogP contribution >= 0.6 is 19.3 Å². The molecule has 0 aliphatic carbocycles. The molecule has 0 fully saturated rings. The third kappa shape index (κ3) is 10.4. The predicted octanol–water partition coefficient (Wildman–Crippen LogP) is 4.84. The van der Waals surface area contributed by atoms with Crippen molar-refractivity contribution < 1.29 is 42.0 Å². The molecule has 1 unspecified atom stereocenters. The molecular formula is C24H31ClN3O10P. The zero-order chi connectivity index (χ0) is 28.8. The highest BCUT2D eigenvalue weighted by molar-refractivity contribution is 7.51. The Bertz CT molecular complexity index is 1160. The van der Waals surface area contributed by atoms with E-state index < -0.39 is 36.7 Å². The molecule has 1 N–H and O–H groups in total. The summed E-state index contributed by atoms with van der Waals surface area (Å²) in [4.78, 5) is 34.2. The highest BCUT2D eigenvalue weighted by Gasteiger charge is 2.33. The van der Waals surface area contributed by atoms with E-state index in [0.717, 1.165) is 0 Å². The fraction of sp³-hybridized carbons (Fsp3) is 0.417. The van der Waals surface area contributed by atoms with E-state index in [1.165, 1.54) is 42.1 Å². The standard InChI is InChI=1S/C24H31ClN3O10P/c1-4-15-35-23(29)21(26-24(30)34-3)16-18-7-9-19(10-8-18)38-39(33,27(2)14-6-5-13-25)36-17-20-11-12-22(37-20)28(31)32/h4,7-12,21H,1,5-6,13-17H2,2-3H3,(H,26,30)/t21-,39?/m0/s1. The number of amides is 1. The number of benzene rings is 1. The van der Waals surface area contributed by atoms with Gasteiger partial charge in [-0.15, -0.1) is 11.6 Å². The molecular weight excluding hydrogens is 557 g/mol. The number of methoxy groups -OCH3 is 1. The minimum Gasteiger partial charge on any atom is -0.460 e. The van der Waals surface area contributed by atoms with Crippen molar-refractivity contribution in [3.63, 3.8) is 0 Å². The molecule has 39 heavy (non-hydrogen) atoms. The molecule has 15 heteroatoms. The minimum absolute atomic E-state index is 0.0238. The predicted molar refractivity (Wildman–Crippen MR) is 142 cm³/mol. The molecule has 1 aromatic heterocycles. The van der Waals surface area contributed by atoms with Gasteiger partial charge in [0.2, 0.25) is 0 Å². The van der Waals surface area contributed by atoms with Gasteiger partial charge >= 0.3 is 25.7 Å². The van der Waals surface area contributed by atoms with Gasteiger partial charge in [-0.05, 0) is 43.7 Å². The number of hydrogen-bond donors (Lipinski definition) is 1. The Kier molecular flexibility index (Phi) is 13.0. The molecule has 0 saturated carbocycles. The summed E-state index contributed by atoms with van der Waals surface area (Å²) in [5, 5.41) is 13.3. The van der Waals surface area contributed by atoms with E-state index in [2.05, 4.69) is 16.6 Å². The number of carbonyl (C=O) groups excluding carboxylic acids is 2. The quantitative estimate of drug-likeness (QED) is 0.0513. The van der Waals surface area contributed by atoms with Gasteiger partial charge in [-0.2, -0.15) is 0 Å². The molecule has 13 nitrogen and oxygen atoms in total. The molecule has 2 rings (SSSR count). The molecule has 0 saturated heterocycles. The maximum Gasteiger partial charge on any atom is 0.461 e. The molecule has 214 valence electrons. The number of nitrogens with zero attached hydrogens (tertiary/aromatic N) is 2. The topological polar surface area (TPSA) is 160 Å². The second kappa shape index (κ2) is 15.9. The molecule has 0 radical (unpaired) electrons. The van der Waals surface area contributed by atoms with Crippen LogP contribution in [0.5, 0.6) is 5.75 Å². The van der Waals surface area contributed by atoms with Crippen LogP contribution in [0.2, 0.25) is 0 Å². The number of nitrogens with one attached hydrogen (secondary N) is 1. The number of hydrogen-bond acceptors (Lipinski definition) is 10. The van der Waals surface area contributed by atoms with Gasteiger partial charge in [0, 0.05) is 18.8 Å². The van der Waals surface area contributed by atoms with E-state index in [9.17, 15) is 24.3 Å². The monoisotopic (exact) mass is 587 g/mol. The molecule has 2 atom stereocenters. The summed E-state index contributed by atoms with van der Waals surface area (Å²) in [6, 6.07) is 7.79. The SMILES string of the molecule is C=CCOC(=O)[C@H](Cc1ccc(OP(=O)(OCc2ccc([N+](=O)[O-])o2)N(C)CCCCCl)cc1)NC(=O)OC. The average Bonchev–Trinajstić information content (AvgIpc) is 3.41. The first-order valence-electron chi connectivity index (χ1n) is 11.8. The Balaban J connectivity index is 2.16. The normalized spacial score (nSPS) is 13.2. The molecule has 1 heterocycles. The Morgan fingerprint density at radius 2 is 1.97 bits per heavy atom. The van der Waals surface area contributed by atoms with Crippen LogP contribution in [0.3, 0.4) is 0 Å². The van der Waals surface area contributed by atoms with Gasteiger partial charge in [-0.3, -0.25) is 14.6 Å². The van der Waals surface area contributed by atoms with Crippen molar-refractivity contribution in [3.8, 4) is 5.75 Å². The van der Waals surface area contributed by atoms with Crippen molar-refractivity contribution in [2.24, 2.45) is 0 Å². The molecule has 1 aromatic carbocycles. The third-order valence-electron chi connectivity index (χ3n) is 5.17. The van der Waals surface area contributed by atoms with Crippen molar-refractivity contribution in [3.05, 3.63) is 70.5 Å². The van der Waals surface area contributed by atoms with Gasteiger partial charge in [0.1, 0.15) is 35.7 Å². The maximum absolute atomic E-state index is 13.7. The van der Waals surface area contributed by atoms with E-state index in [1.807, 2.05) is 0 Å². The fourth-order valence-electron chi connectivity index (χ4n) is 3.13. The van der Waals surface area contributed by atoms with E-state index in [-0.39, 0.29) is 31.1 Å². The third-order valence-corrected chi connectivity index (χ3v) is 7.37. The summed E-state index contributed by atoms with van der Waals surface area (Å²) in [6.07, 6.45) is 1.99. The molecule has 0 bridgehead atoms. The molecule has 0 aliphatic heterocycles. The van der Waals surface area contributed by atoms with Crippen LogP contribution in [0.15, 0.2) is 53.5 Å². The Morgan fingerprint density at radius 1 is 1.26 bits per heavy atom. The minimum atomic E-state index is -3.94. The second-order valence-corrected chi connectivity index (χ2v) is 10.5. The number of furan rings is 1. The summed E-state index contributed by atoms with van der Waals surface area (Å²) < 4.78 is 41.2. The van der Waals surface area contributed by atoms with Gasteiger partial charge in [0.15, 0.2) is 0 Å². The highest BCUT2D eigenvalue weighted by Crippen LogP contribution is 2.52. The summed E-state index contributed by atoms with van der Waals surface area (Å²) in [6.45, 7) is 3.47. The number of halogens is 1. The van der Waals surface area contributed by atoms with Crippen LogP contribution in [0.4, 0.5) is 10.7 Å². The first kappa shape index (κ1) is 31.8. The van der Waals surface area contributed by atoms with Crippen LogP contribution < -0.4 is 9.84 Å². The lowest BCUT2D eigenvalue weighted by Crippen LogP contribution is -2.43. The number of rotatable bonds is 17. The number of nitro groups is 1. The van der Waals surface area contributed by atoms with Gasteiger partial charge in [-0.1, -0.05) is 24.8 Å². The van der Waals surface area contributed by atoms with Gasteiger partial charge < -0.3 is 23.7 Å². The number of ether oxygens (including phenoxy) is 2. The smallest absolute Gasteiger partial charge is 0.460 e. The van der Waals surface area contributed by atoms with Crippen molar-refractivity contribution in [1.82, 2.24) is 9.99 Å². The summed E-state index contributed by atoms with van der Waals surface area (Å²) in [5.74, 6) is -0.408. The van der Waals surface area contributed by atoms with Crippen LogP contribution in [0.1, 0.15) is 24.2 Å². The van der Waals surface area contributed by atoms with E-state index in [1.54, 1.807) is 19.2 Å². The van der Waals surface area contributed by atoms with E-state index in [4.69, 9.17) is 29.8 Å². The molecule has 0 aliphatic rings. The lowest BCUT2D eigenvalue weighted by molar-refractivity contribution is -0.402. The van der Waals surface area contributed by atoms with Crippen molar-refractivity contribution in [2.45, 2.75) is 31.9 Å². The summed E-state index contributed by atoms with van der Waals surface area (Å²) >= 11 is 5.75. The first-order valence-corrected chi connectivity index (χ1v) is 13.8. The summed E-state index contributed by atoms with van der Waals surface area (Å²) in [7, 11) is -1.21. The number of alkyl halides is 1. The molecule has 2 aromatic rings. The largest absolute Gasteiger partial charge is 0.461 e. The van der Waals surface area contributed by atoms with Crippen LogP contribution in [-0.4, -0.2) is 60.9 Å². The van der Waals surface area contributed by atoms with Gasteiger partial charge in [0.05, 0.1) is 13.2 Å². The Labute approximate surface area is 230 Å².